The molecule has 4 heteroatoms. The summed E-state index contributed by atoms with van der Waals surface area (Å²) in [6.07, 6.45) is 2.77. The minimum absolute atomic E-state index is 0.0548. The Morgan fingerprint density at radius 3 is 2.56 bits per heavy atom. The van der Waals surface area contributed by atoms with Gasteiger partial charge in [0.1, 0.15) is 5.82 Å². The van der Waals surface area contributed by atoms with Crippen LogP contribution in [0.2, 0.25) is 0 Å². The van der Waals surface area contributed by atoms with Crippen molar-refractivity contribution in [3.05, 3.63) is 71.5 Å². The van der Waals surface area contributed by atoms with Gasteiger partial charge in [0.25, 0.3) is 5.91 Å². The molecule has 144 valence electrons. The van der Waals surface area contributed by atoms with Crippen LogP contribution in [-0.4, -0.2) is 24.7 Å². The third kappa shape index (κ3) is 5.39. The summed E-state index contributed by atoms with van der Waals surface area (Å²) in [4.78, 5) is 12.3. The molecule has 1 aliphatic rings. The highest BCUT2D eigenvalue weighted by Crippen LogP contribution is 2.39. The van der Waals surface area contributed by atoms with E-state index in [1.165, 1.54) is 12.1 Å². The van der Waals surface area contributed by atoms with Crippen molar-refractivity contribution in [2.45, 2.75) is 44.6 Å². The van der Waals surface area contributed by atoms with Gasteiger partial charge in [-0.2, -0.15) is 0 Å². The molecule has 0 saturated carbocycles. The molecular formula is C23H28FNO2. The second-order valence-electron chi connectivity index (χ2n) is 7.93. The summed E-state index contributed by atoms with van der Waals surface area (Å²) in [6, 6.07) is 16.0. The van der Waals surface area contributed by atoms with E-state index in [0.29, 0.717) is 18.0 Å². The Bertz CT molecular complexity index is 743. The zero-order valence-electron chi connectivity index (χ0n) is 16.1. The molecule has 3 nitrogen and oxygen atoms in total. The van der Waals surface area contributed by atoms with E-state index in [2.05, 4.69) is 19.2 Å². The van der Waals surface area contributed by atoms with Gasteiger partial charge in [-0.3, -0.25) is 4.79 Å². The standard InChI is InChI=1S/C23H28FNO2/c1-23(2)16-19(13-15-27-23)21(17-8-10-20(24)11-9-17)12-14-25-22(26)18-6-4-3-5-7-18/h3-11,19,21H,12-16H2,1-2H3,(H,25,26)/t19-,21-/m0/s1. The summed E-state index contributed by atoms with van der Waals surface area (Å²) in [5.41, 5.74) is 1.66. The maximum absolute atomic E-state index is 13.4. The zero-order valence-corrected chi connectivity index (χ0v) is 16.1. The van der Waals surface area contributed by atoms with Gasteiger partial charge in [-0.05, 0) is 74.8 Å². The highest BCUT2D eigenvalue weighted by molar-refractivity contribution is 5.94. The fourth-order valence-electron chi connectivity index (χ4n) is 4.04. The molecule has 0 unspecified atom stereocenters. The highest BCUT2D eigenvalue weighted by atomic mass is 19.1. The predicted octanol–water partition coefficient (Wildman–Crippen LogP) is 4.93. The highest BCUT2D eigenvalue weighted by Gasteiger charge is 2.34. The molecule has 1 aliphatic heterocycles. The lowest BCUT2D eigenvalue weighted by Gasteiger charge is -2.39. The Balaban J connectivity index is 1.68. The number of halogens is 1. The van der Waals surface area contributed by atoms with Gasteiger partial charge in [0.05, 0.1) is 5.60 Å². The van der Waals surface area contributed by atoms with E-state index < -0.39 is 0 Å². The molecule has 3 rings (SSSR count). The SMILES string of the molecule is CC1(C)C[C@@H]([C@@H](CCNC(=O)c2ccccc2)c2ccc(F)cc2)CCO1. The first kappa shape index (κ1) is 19.6. The molecule has 0 radical (unpaired) electrons. The summed E-state index contributed by atoms with van der Waals surface area (Å²) in [5, 5.41) is 3.03. The Morgan fingerprint density at radius 2 is 1.89 bits per heavy atom. The van der Waals surface area contributed by atoms with Crippen molar-refractivity contribution < 1.29 is 13.9 Å². The van der Waals surface area contributed by atoms with Gasteiger partial charge in [-0.25, -0.2) is 4.39 Å². The normalized spacial score (nSPS) is 20.0. The largest absolute Gasteiger partial charge is 0.376 e. The zero-order chi connectivity index (χ0) is 19.3. The van der Waals surface area contributed by atoms with Gasteiger partial charge in [-0.1, -0.05) is 30.3 Å². The smallest absolute Gasteiger partial charge is 0.251 e. The molecule has 2 aromatic rings. The minimum atomic E-state index is -0.220. The van der Waals surface area contributed by atoms with E-state index in [9.17, 15) is 9.18 Å². The number of carbonyl (C=O) groups is 1. The first-order valence-electron chi connectivity index (χ1n) is 9.67. The summed E-state index contributed by atoms with van der Waals surface area (Å²) in [5.74, 6) is 0.445. The number of benzene rings is 2. The molecular weight excluding hydrogens is 341 g/mol. The fraction of sp³-hybridized carbons (Fsp3) is 0.435. The Morgan fingerprint density at radius 1 is 1.19 bits per heavy atom. The van der Waals surface area contributed by atoms with Crippen LogP contribution in [0.25, 0.3) is 0 Å². The van der Waals surface area contributed by atoms with Gasteiger partial charge in [-0.15, -0.1) is 0 Å². The van der Waals surface area contributed by atoms with Crippen LogP contribution in [-0.2, 0) is 4.74 Å². The Kier molecular flexibility index (Phi) is 6.27. The van der Waals surface area contributed by atoms with E-state index in [-0.39, 0.29) is 23.2 Å². The second kappa shape index (κ2) is 8.66. The minimum Gasteiger partial charge on any atom is -0.376 e. The second-order valence-corrected chi connectivity index (χ2v) is 7.93. The molecule has 1 N–H and O–H groups in total. The molecule has 27 heavy (non-hydrogen) atoms. The fourth-order valence-corrected chi connectivity index (χ4v) is 4.04. The van der Waals surface area contributed by atoms with Crippen LogP contribution in [0, 0.1) is 11.7 Å². The molecule has 1 amide bonds. The van der Waals surface area contributed by atoms with Crippen LogP contribution in [0.5, 0.6) is 0 Å². The molecule has 2 aromatic carbocycles. The van der Waals surface area contributed by atoms with E-state index in [0.717, 1.165) is 31.4 Å². The lowest BCUT2D eigenvalue weighted by Crippen LogP contribution is -2.37. The lowest BCUT2D eigenvalue weighted by atomic mass is 9.75. The third-order valence-corrected chi connectivity index (χ3v) is 5.38. The van der Waals surface area contributed by atoms with Gasteiger partial charge in [0.15, 0.2) is 0 Å². The van der Waals surface area contributed by atoms with E-state index >= 15 is 0 Å². The van der Waals surface area contributed by atoms with Crippen molar-refractivity contribution in [2.75, 3.05) is 13.2 Å². The molecule has 1 saturated heterocycles. The van der Waals surface area contributed by atoms with Crippen molar-refractivity contribution in [3.8, 4) is 0 Å². The van der Waals surface area contributed by atoms with Gasteiger partial charge in [0.2, 0.25) is 0 Å². The lowest BCUT2D eigenvalue weighted by molar-refractivity contribution is -0.0771. The predicted molar refractivity (Wildman–Crippen MR) is 105 cm³/mol. The first-order chi connectivity index (χ1) is 12.9. The molecule has 0 spiro atoms. The summed E-state index contributed by atoms with van der Waals surface area (Å²) in [6.45, 7) is 5.58. The third-order valence-electron chi connectivity index (χ3n) is 5.38. The number of amides is 1. The quantitative estimate of drug-likeness (QED) is 0.784. The van der Waals surface area contributed by atoms with Crippen LogP contribution < -0.4 is 5.32 Å². The molecule has 0 aliphatic carbocycles. The van der Waals surface area contributed by atoms with E-state index in [1.807, 2.05) is 42.5 Å². The van der Waals surface area contributed by atoms with Crippen molar-refractivity contribution in [1.82, 2.24) is 5.32 Å². The number of rotatable bonds is 6. The topological polar surface area (TPSA) is 38.3 Å². The van der Waals surface area contributed by atoms with Crippen molar-refractivity contribution >= 4 is 5.91 Å². The van der Waals surface area contributed by atoms with Crippen LogP contribution >= 0.6 is 0 Å². The van der Waals surface area contributed by atoms with Crippen molar-refractivity contribution in [1.29, 1.82) is 0 Å². The average Bonchev–Trinajstić information content (AvgIpc) is 2.66. The Hall–Kier alpha value is -2.20. The number of nitrogens with one attached hydrogen (secondary N) is 1. The van der Waals surface area contributed by atoms with Gasteiger partial charge >= 0.3 is 0 Å². The van der Waals surface area contributed by atoms with E-state index in [4.69, 9.17) is 4.74 Å². The van der Waals surface area contributed by atoms with Crippen LogP contribution in [0.1, 0.15) is 54.9 Å². The molecule has 1 heterocycles. The molecule has 2 atom stereocenters. The average molecular weight is 369 g/mol. The van der Waals surface area contributed by atoms with Gasteiger partial charge < -0.3 is 10.1 Å². The summed E-state index contributed by atoms with van der Waals surface area (Å²) in [7, 11) is 0. The maximum atomic E-state index is 13.4. The Labute approximate surface area is 160 Å². The number of hydrogen-bond donors (Lipinski definition) is 1. The van der Waals surface area contributed by atoms with Crippen LogP contribution in [0.3, 0.4) is 0 Å². The first-order valence-corrected chi connectivity index (χ1v) is 9.67. The maximum Gasteiger partial charge on any atom is 0.251 e. The van der Waals surface area contributed by atoms with Crippen LogP contribution in [0.15, 0.2) is 54.6 Å². The van der Waals surface area contributed by atoms with E-state index in [1.54, 1.807) is 0 Å². The monoisotopic (exact) mass is 369 g/mol. The van der Waals surface area contributed by atoms with Crippen molar-refractivity contribution in [2.24, 2.45) is 5.92 Å². The number of hydrogen-bond acceptors (Lipinski definition) is 2. The molecule has 0 aromatic heterocycles. The summed E-state index contributed by atoms with van der Waals surface area (Å²) < 4.78 is 19.3. The number of ether oxygens (including phenoxy) is 1. The molecule has 0 bridgehead atoms. The number of carbonyl (C=O) groups excluding carboxylic acids is 1. The van der Waals surface area contributed by atoms with Crippen LogP contribution in [0.4, 0.5) is 4.39 Å². The summed E-state index contributed by atoms with van der Waals surface area (Å²) >= 11 is 0. The van der Waals surface area contributed by atoms with Gasteiger partial charge in [0, 0.05) is 18.7 Å². The van der Waals surface area contributed by atoms with Crippen molar-refractivity contribution in [3.63, 3.8) is 0 Å². The molecule has 1 fully saturated rings.